The highest BCUT2D eigenvalue weighted by Gasteiger charge is 2.22. The van der Waals surface area contributed by atoms with E-state index in [4.69, 9.17) is 4.74 Å². The first kappa shape index (κ1) is 21.5. The third-order valence-electron chi connectivity index (χ3n) is 4.03. The predicted octanol–water partition coefficient (Wildman–Crippen LogP) is 2.16. The van der Waals surface area contributed by atoms with Gasteiger partial charge in [0.15, 0.2) is 6.10 Å². The minimum atomic E-state index is -3.71. The van der Waals surface area contributed by atoms with Gasteiger partial charge in [-0.1, -0.05) is 18.2 Å². The molecule has 2 aromatic carbocycles. The average molecular weight is 408 g/mol. The van der Waals surface area contributed by atoms with Crippen LogP contribution in [0.25, 0.3) is 0 Å². The number of nitrogens with one attached hydrogen (secondary N) is 2. The van der Waals surface area contributed by atoms with Crippen molar-refractivity contribution in [3.8, 4) is 0 Å². The molecular weight excluding hydrogens is 387 g/mol. The van der Waals surface area contributed by atoms with Gasteiger partial charge in [-0.15, -0.1) is 0 Å². The quantitative estimate of drug-likeness (QED) is 0.684. The van der Waals surface area contributed by atoms with Gasteiger partial charge in [0.1, 0.15) is 5.82 Å². The Morgan fingerprint density at radius 2 is 1.71 bits per heavy atom. The number of carbonyl (C=O) groups excluding carboxylic acids is 2. The van der Waals surface area contributed by atoms with Crippen LogP contribution in [0.4, 0.5) is 4.39 Å². The molecule has 0 heterocycles. The van der Waals surface area contributed by atoms with Crippen LogP contribution in [0.3, 0.4) is 0 Å². The van der Waals surface area contributed by atoms with Crippen molar-refractivity contribution in [2.24, 2.45) is 0 Å². The van der Waals surface area contributed by atoms with Crippen LogP contribution in [0.1, 0.15) is 35.8 Å². The molecule has 2 aromatic rings. The van der Waals surface area contributed by atoms with E-state index >= 15 is 0 Å². The number of ether oxygens (including phenoxy) is 1. The number of halogens is 1. The molecule has 7 nitrogen and oxygen atoms in total. The standard InChI is InChI=1S/C19H21FN2O5S/c1-12(14-7-9-16(20)10-8-14)22-18(23)13(2)27-19(24)15-5-4-6-17(11-15)28(25,26)21-3/h4-13,21H,1-3H3,(H,22,23)/t12-,13-/m0/s1. The van der Waals surface area contributed by atoms with Crippen LogP contribution in [0.2, 0.25) is 0 Å². The molecule has 2 N–H and O–H groups in total. The van der Waals surface area contributed by atoms with Gasteiger partial charge in [0.05, 0.1) is 16.5 Å². The summed E-state index contributed by atoms with van der Waals surface area (Å²) < 4.78 is 43.9. The highest BCUT2D eigenvalue weighted by molar-refractivity contribution is 7.89. The topological polar surface area (TPSA) is 102 Å². The molecule has 2 atom stereocenters. The second-order valence-electron chi connectivity index (χ2n) is 6.06. The molecule has 0 fully saturated rings. The maximum atomic E-state index is 13.0. The number of benzene rings is 2. The number of rotatable bonds is 7. The van der Waals surface area contributed by atoms with Crippen molar-refractivity contribution in [3.05, 3.63) is 65.5 Å². The third kappa shape index (κ3) is 5.37. The second-order valence-corrected chi connectivity index (χ2v) is 7.95. The van der Waals surface area contributed by atoms with Gasteiger partial charge >= 0.3 is 5.97 Å². The Hall–Kier alpha value is -2.78. The van der Waals surface area contributed by atoms with Crippen LogP contribution >= 0.6 is 0 Å². The summed E-state index contributed by atoms with van der Waals surface area (Å²) in [7, 11) is -2.45. The third-order valence-corrected chi connectivity index (χ3v) is 5.44. The molecule has 0 spiro atoms. The summed E-state index contributed by atoms with van der Waals surface area (Å²) in [6.07, 6.45) is -1.11. The normalized spacial score (nSPS) is 13.4. The number of sulfonamides is 1. The van der Waals surface area contributed by atoms with Crippen LogP contribution in [0.5, 0.6) is 0 Å². The summed E-state index contributed by atoms with van der Waals surface area (Å²) in [6, 6.07) is 10.5. The van der Waals surface area contributed by atoms with E-state index in [9.17, 15) is 22.4 Å². The molecule has 9 heteroatoms. The average Bonchev–Trinajstić information content (AvgIpc) is 2.68. The number of esters is 1. The minimum absolute atomic E-state index is 0.00237. The first-order chi connectivity index (χ1) is 13.1. The fourth-order valence-corrected chi connectivity index (χ4v) is 3.13. The van der Waals surface area contributed by atoms with E-state index in [0.29, 0.717) is 5.56 Å². The van der Waals surface area contributed by atoms with Crippen LogP contribution < -0.4 is 10.0 Å². The van der Waals surface area contributed by atoms with Crippen LogP contribution in [0, 0.1) is 5.82 Å². The Labute approximate surface area is 163 Å². The maximum Gasteiger partial charge on any atom is 0.338 e. The van der Waals surface area contributed by atoms with Crippen LogP contribution in [-0.4, -0.2) is 33.4 Å². The predicted molar refractivity (Wildman–Crippen MR) is 101 cm³/mol. The molecule has 150 valence electrons. The molecule has 0 aliphatic carbocycles. The molecule has 0 unspecified atom stereocenters. The van der Waals surface area contributed by atoms with E-state index in [1.165, 1.54) is 50.4 Å². The molecule has 1 amide bonds. The van der Waals surface area contributed by atoms with Gasteiger partial charge < -0.3 is 10.1 Å². The lowest BCUT2D eigenvalue weighted by Gasteiger charge is -2.18. The lowest BCUT2D eigenvalue weighted by Crippen LogP contribution is -2.37. The molecule has 0 saturated carbocycles. The molecule has 0 aromatic heterocycles. The van der Waals surface area contributed by atoms with E-state index in [1.807, 2.05) is 0 Å². The minimum Gasteiger partial charge on any atom is -0.449 e. The molecule has 28 heavy (non-hydrogen) atoms. The van der Waals surface area contributed by atoms with Crippen molar-refractivity contribution >= 4 is 21.9 Å². The molecule has 0 radical (unpaired) electrons. The summed E-state index contributed by atoms with van der Waals surface area (Å²) in [6.45, 7) is 3.12. The number of hydrogen-bond donors (Lipinski definition) is 2. The van der Waals surface area contributed by atoms with Crippen LogP contribution in [0.15, 0.2) is 53.4 Å². The zero-order chi connectivity index (χ0) is 20.9. The molecule has 0 saturated heterocycles. The van der Waals surface area contributed by atoms with Gasteiger partial charge in [-0.25, -0.2) is 22.3 Å². The van der Waals surface area contributed by atoms with Gasteiger partial charge in [-0.05, 0) is 56.8 Å². The van der Waals surface area contributed by atoms with E-state index in [0.717, 1.165) is 0 Å². The van der Waals surface area contributed by atoms with E-state index in [-0.39, 0.29) is 16.3 Å². The van der Waals surface area contributed by atoms with Crippen molar-refractivity contribution in [3.63, 3.8) is 0 Å². The Bertz CT molecular complexity index is 961. The number of carbonyl (C=O) groups is 2. The fourth-order valence-electron chi connectivity index (χ4n) is 2.36. The number of amides is 1. The molecule has 0 aliphatic rings. The zero-order valence-corrected chi connectivity index (χ0v) is 16.4. The van der Waals surface area contributed by atoms with E-state index < -0.39 is 34.0 Å². The van der Waals surface area contributed by atoms with Gasteiger partial charge in [-0.2, -0.15) is 0 Å². The summed E-state index contributed by atoms with van der Waals surface area (Å²) >= 11 is 0. The maximum absolute atomic E-state index is 13.0. The molecular formula is C19H21FN2O5S. The van der Waals surface area contributed by atoms with E-state index in [1.54, 1.807) is 19.1 Å². The van der Waals surface area contributed by atoms with Crippen molar-refractivity contribution < 1.29 is 27.1 Å². The lowest BCUT2D eigenvalue weighted by atomic mass is 10.1. The van der Waals surface area contributed by atoms with Gasteiger partial charge in [0.25, 0.3) is 5.91 Å². The van der Waals surface area contributed by atoms with Crippen molar-refractivity contribution in [2.75, 3.05) is 7.05 Å². The lowest BCUT2D eigenvalue weighted by molar-refractivity contribution is -0.129. The van der Waals surface area contributed by atoms with E-state index in [2.05, 4.69) is 10.0 Å². The molecule has 0 bridgehead atoms. The van der Waals surface area contributed by atoms with Crippen molar-refractivity contribution in [1.29, 1.82) is 0 Å². The molecule has 0 aliphatic heterocycles. The first-order valence-electron chi connectivity index (χ1n) is 8.44. The fraction of sp³-hybridized carbons (Fsp3) is 0.263. The Morgan fingerprint density at radius 3 is 2.32 bits per heavy atom. The zero-order valence-electron chi connectivity index (χ0n) is 15.6. The summed E-state index contributed by atoms with van der Waals surface area (Å²) in [5, 5.41) is 2.67. The number of hydrogen-bond acceptors (Lipinski definition) is 5. The largest absolute Gasteiger partial charge is 0.449 e. The van der Waals surface area contributed by atoms with Gasteiger partial charge in [0, 0.05) is 0 Å². The van der Waals surface area contributed by atoms with Crippen molar-refractivity contribution in [1.82, 2.24) is 10.0 Å². The second kappa shape index (κ2) is 8.94. The Kier molecular flexibility index (Phi) is 6.87. The highest BCUT2D eigenvalue weighted by atomic mass is 32.2. The Morgan fingerprint density at radius 1 is 1.07 bits per heavy atom. The molecule has 2 rings (SSSR count). The smallest absolute Gasteiger partial charge is 0.338 e. The Balaban J connectivity index is 2.02. The van der Waals surface area contributed by atoms with Gasteiger partial charge in [-0.3, -0.25) is 4.79 Å². The van der Waals surface area contributed by atoms with Gasteiger partial charge in [0.2, 0.25) is 10.0 Å². The van der Waals surface area contributed by atoms with Crippen molar-refractivity contribution in [2.45, 2.75) is 30.9 Å². The summed E-state index contributed by atoms with van der Waals surface area (Å²) in [5.41, 5.74) is 0.695. The summed E-state index contributed by atoms with van der Waals surface area (Å²) in [5.74, 6) is -1.75. The monoisotopic (exact) mass is 408 g/mol. The SMILES string of the molecule is CNS(=O)(=O)c1cccc(C(=O)O[C@@H](C)C(=O)N[C@@H](C)c2ccc(F)cc2)c1. The first-order valence-corrected chi connectivity index (χ1v) is 9.93. The van der Waals surface area contributed by atoms with Crippen LogP contribution in [-0.2, 0) is 19.6 Å². The summed E-state index contributed by atoms with van der Waals surface area (Å²) in [4.78, 5) is 24.4. The highest BCUT2D eigenvalue weighted by Crippen LogP contribution is 2.15.